The number of esters is 1. The van der Waals surface area contributed by atoms with Crippen molar-refractivity contribution in [3.63, 3.8) is 0 Å². The molecule has 0 aliphatic heterocycles. The molecule has 1 N–H and O–H groups in total. The van der Waals surface area contributed by atoms with Crippen molar-refractivity contribution in [2.45, 2.75) is 26.9 Å². The normalized spacial score (nSPS) is 11.9. The number of aryl methyl sites for hydroxylation is 2. The molecule has 7 nitrogen and oxygen atoms in total. The van der Waals surface area contributed by atoms with Crippen LogP contribution in [0.2, 0.25) is 5.02 Å². The van der Waals surface area contributed by atoms with Gasteiger partial charge in [0.2, 0.25) is 0 Å². The predicted molar refractivity (Wildman–Crippen MR) is 107 cm³/mol. The number of anilines is 1. The highest BCUT2D eigenvalue weighted by Crippen LogP contribution is 2.25. The van der Waals surface area contributed by atoms with Gasteiger partial charge in [-0.2, -0.15) is 0 Å². The number of benzene rings is 2. The molecule has 2 rings (SSSR count). The lowest BCUT2D eigenvalue weighted by Crippen LogP contribution is -2.29. The fourth-order valence-corrected chi connectivity index (χ4v) is 2.50. The Labute approximate surface area is 167 Å². The van der Waals surface area contributed by atoms with Gasteiger partial charge in [0.15, 0.2) is 6.10 Å². The molecule has 0 saturated carbocycles. The van der Waals surface area contributed by atoms with Crippen molar-refractivity contribution < 1.29 is 19.2 Å². The standard InChI is InChI=1S/C20H19ClN2O5/c1-12-4-5-13(2)17(10-12)22-20(25)14(3)28-19(24)9-7-15-6-8-16(21)18(11-15)23(26)27/h4-11,14H,1-3H3,(H,22,25)/b9-7+. The Bertz CT molecular complexity index is 956. The number of hydrogen-bond acceptors (Lipinski definition) is 5. The Balaban J connectivity index is 1.99. The van der Waals surface area contributed by atoms with Crippen LogP contribution in [0.1, 0.15) is 23.6 Å². The third-order valence-electron chi connectivity index (χ3n) is 3.89. The van der Waals surface area contributed by atoms with Gasteiger partial charge in [0.1, 0.15) is 5.02 Å². The molecule has 1 atom stereocenters. The van der Waals surface area contributed by atoms with Gasteiger partial charge in [-0.15, -0.1) is 0 Å². The highest BCUT2D eigenvalue weighted by atomic mass is 35.5. The van der Waals surface area contributed by atoms with E-state index >= 15 is 0 Å². The molecule has 0 radical (unpaired) electrons. The second-order valence-electron chi connectivity index (χ2n) is 6.19. The number of rotatable bonds is 6. The van der Waals surface area contributed by atoms with Gasteiger partial charge < -0.3 is 10.1 Å². The van der Waals surface area contributed by atoms with E-state index < -0.39 is 22.9 Å². The minimum Gasteiger partial charge on any atom is -0.449 e. The fourth-order valence-electron chi connectivity index (χ4n) is 2.31. The van der Waals surface area contributed by atoms with Crippen molar-refractivity contribution in [1.82, 2.24) is 0 Å². The molecule has 0 bridgehead atoms. The van der Waals surface area contributed by atoms with Crippen LogP contribution in [0.25, 0.3) is 6.08 Å². The maximum Gasteiger partial charge on any atom is 0.331 e. The SMILES string of the molecule is Cc1ccc(C)c(NC(=O)C(C)OC(=O)/C=C/c2ccc(Cl)c([N+](=O)[O-])c2)c1. The van der Waals surface area contributed by atoms with Crippen molar-refractivity contribution in [2.24, 2.45) is 0 Å². The van der Waals surface area contributed by atoms with E-state index in [2.05, 4.69) is 5.32 Å². The van der Waals surface area contributed by atoms with Crippen LogP contribution in [-0.2, 0) is 14.3 Å². The first-order valence-corrected chi connectivity index (χ1v) is 8.76. The molecule has 0 fully saturated rings. The lowest BCUT2D eigenvalue weighted by atomic mass is 10.1. The summed E-state index contributed by atoms with van der Waals surface area (Å²) in [6, 6.07) is 9.77. The minimum atomic E-state index is -1.02. The second-order valence-corrected chi connectivity index (χ2v) is 6.60. The van der Waals surface area contributed by atoms with Gasteiger partial charge in [-0.25, -0.2) is 4.79 Å². The van der Waals surface area contributed by atoms with Gasteiger partial charge in [-0.1, -0.05) is 29.8 Å². The second kappa shape index (κ2) is 9.14. The van der Waals surface area contributed by atoms with Crippen LogP contribution in [0.4, 0.5) is 11.4 Å². The number of nitrogens with zero attached hydrogens (tertiary/aromatic N) is 1. The molecule has 8 heteroatoms. The summed E-state index contributed by atoms with van der Waals surface area (Å²) in [5.74, 6) is -1.21. The zero-order chi connectivity index (χ0) is 20.8. The van der Waals surface area contributed by atoms with Crippen LogP contribution in [0.5, 0.6) is 0 Å². The number of ether oxygens (including phenoxy) is 1. The molecular weight excluding hydrogens is 384 g/mol. The molecular formula is C20H19ClN2O5. The van der Waals surface area contributed by atoms with E-state index in [1.807, 2.05) is 32.0 Å². The Hall–Kier alpha value is -3.19. The first-order valence-electron chi connectivity index (χ1n) is 8.38. The van der Waals surface area contributed by atoms with Gasteiger partial charge in [0, 0.05) is 17.8 Å². The topological polar surface area (TPSA) is 98.5 Å². The van der Waals surface area contributed by atoms with Gasteiger partial charge in [-0.05, 0) is 55.7 Å². The number of carbonyl (C=O) groups excluding carboxylic acids is 2. The summed E-state index contributed by atoms with van der Waals surface area (Å²) >= 11 is 5.74. The first-order chi connectivity index (χ1) is 13.2. The number of nitro groups is 1. The number of nitrogens with one attached hydrogen (secondary N) is 1. The molecule has 0 saturated heterocycles. The summed E-state index contributed by atoms with van der Waals surface area (Å²) in [7, 11) is 0. The molecule has 0 spiro atoms. The van der Waals surface area contributed by atoms with E-state index in [1.54, 1.807) is 0 Å². The summed E-state index contributed by atoms with van der Waals surface area (Å²) in [5, 5.41) is 13.6. The van der Waals surface area contributed by atoms with Gasteiger partial charge >= 0.3 is 5.97 Å². The maximum atomic E-state index is 12.2. The number of carbonyl (C=O) groups is 2. The molecule has 2 aromatic carbocycles. The monoisotopic (exact) mass is 402 g/mol. The van der Waals surface area contributed by atoms with Gasteiger partial charge in [0.05, 0.1) is 4.92 Å². The molecule has 0 aromatic heterocycles. The molecule has 0 heterocycles. The van der Waals surface area contributed by atoms with Crippen molar-refractivity contribution in [2.75, 3.05) is 5.32 Å². The largest absolute Gasteiger partial charge is 0.449 e. The Morgan fingerprint density at radius 3 is 2.61 bits per heavy atom. The average Bonchev–Trinajstić information content (AvgIpc) is 2.63. The van der Waals surface area contributed by atoms with E-state index in [1.165, 1.54) is 31.2 Å². The van der Waals surface area contributed by atoms with E-state index in [0.717, 1.165) is 17.2 Å². The Morgan fingerprint density at radius 1 is 1.21 bits per heavy atom. The van der Waals surface area contributed by atoms with Gasteiger partial charge in [-0.3, -0.25) is 14.9 Å². The predicted octanol–water partition coefficient (Wildman–Crippen LogP) is 4.45. The molecule has 1 amide bonds. The third kappa shape index (κ3) is 5.65. The summed E-state index contributed by atoms with van der Waals surface area (Å²) in [6.45, 7) is 5.23. The molecule has 146 valence electrons. The number of hydrogen-bond donors (Lipinski definition) is 1. The summed E-state index contributed by atoms with van der Waals surface area (Å²) < 4.78 is 5.08. The molecule has 0 aliphatic carbocycles. The fraction of sp³-hybridized carbons (Fsp3) is 0.200. The highest BCUT2D eigenvalue weighted by Gasteiger charge is 2.18. The Kier molecular flexibility index (Phi) is 6.89. The van der Waals surface area contributed by atoms with Crippen LogP contribution >= 0.6 is 11.6 Å². The van der Waals surface area contributed by atoms with Crippen molar-refractivity contribution in [3.05, 3.63) is 74.3 Å². The molecule has 0 aliphatic rings. The molecule has 1 unspecified atom stereocenters. The van der Waals surface area contributed by atoms with Crippen LogP contribution in [-0.4, -0.2) is 22.9 Å². The van der Waals surface area contributed by atoms with Crippen molar-refractivity contribution >= 4 is 40.9 Å². The zero-order valence-electron chi connectivity index (χ0n) is 15.6. The first kappa shape index (κ1) is 21.1. The van der Waals surface area contributed by atoms with E-state index in [0.29, 0.717) is 11.3 Å². The average molecular weight is 403 g/mol. The van der Waals surface area contributed by atoms with E-state index in [4.69, 9.17) is 16.3 Å². The lowest BCUT2D eigenvalue weighted by molar-refractivity contribution is -0.384. The number of halogens is 1. The van der Waals surface area contributed by atoms with Crippen molar-refractivity contribution in [3.8, 4) is 0 Å². The maximum absolute atomic E-state index is 12.2. The summed E-state index contributed by atoms with van der Waals surface area (Å²) in [5.41, 5.74) is 2.67. The molecule has 28 heavy (non-hydrogen) atoms. The lowest BCUT2D eigenvalue weighted by Gasteiger charge is -2.14. The smallest absolute Gasteiger partial charge is 0.331 e. The van der Waals surface area contributed by atoms with Gasteiger partial charge in [0.25, 0.3) is 11.6 Å². The van der Waals surface area contributed by atoms with Crippen LogP contribution in [0.3, 0.4) is 0 Å². The van der Waals surface area contributed by atoms with Crippen molar-refractivity contribution in [1.29, 1.82) is 0 Å². The third-order valence-corrected chi connectivity index (χ3v) is 4.21. The Morgan fingerprint density at radius 2 is 1.93 bits per heavy atom. The quantitative estimate of drug-likeness (QED) is 0.333. The number of amides is 1. The minimum absolute atomic E-state index is 0.00135. The van der Waals surface area contributed by atoms with E-state index in [9.17, 15) is 19.7 Å². The zero-order valence-corrected chi connectivity index (χ0v) is 16.3. The van der Waals surface area contributed by atoms with Crippen LogP contribution < -0.4 is 5.32 Å². The van der Waals surface area contributed by atoms with Crippen LogP contribution in [0, 0.1) is 24.0 Å². The van der Waals surface area contributed by atoms with E-state index in [-0.39, 0.29) is 10.7 Å². The molecule has 2 aromatic rings. The van der Waals surface area contributed by atoms with Crippen LogP contribution in [0.15, 0.2) is 42.5 Å². The summed E-state index contributed by atoms with van der Waals surface area (Å²) in [4.78, 5) is 34.5. The summed E-state index contributed by atoms with van der Waals surface area (Å²) in [6.07, 6.45) is 1.42. The highest BCUT2D eigenvalue weighted by molar-refractivity contribution is 6.32. The number of nitro benzene ring substituents is 1.